The minimum absolute atomic E-state index is 0.00531. The number of hydrogen-bond acceptors (Lipinski definition) is 5. The average Bonchev–Trinajstić information content (AvgIpc) is 2.60. The molecule has 2 amide bonds. The van der Waals surface area contributed by atoms with E-state index in [1.807, 2.05) is 30.3 Å². The van der Waals surface area contributed by atoms with Crippen LogP contribution >= 0.6 is 0 Å². The molecule has 160 valence electrons. The Bertz CT molecular complexity index is 712. The van der Waals surface area contributed by atoms with Crippen molar-refractivity contribution in [1.82, 2.24) is 10.6 Å². The highest BCUT2D eigenvalue weighted by molar-refractivity contribution is 5.90. The van der Waals surface area contributed by atoms with E-state index >= 15 is 0 Å². The van der Waals surface area contributed by atoms with Crippen molar-refractivity contribution in [3.63, 3.8) is 0 Å². The molecule has 8 nitrogen and oxygen atoms in total. The van der Waals surface area contributed by atoms with Gasteiger partial charge in [-0.25, -0.2) is 4.79 Å². The minimum atomic E-state index is -1.16. The zero-order valence-corrected chi connectivity index (χ0v) is 17.4. The van der Waals surface area contributed by atoms with Crippen LogP contribution in [0.2, 0.25) is 0 Å². The van der Waals surface area contributed by atoms with Gasteiger partial charge in [0.05, 0.1) is 0 Å². The summed E-state index contributed by atoms with van der Waals surface area (Å²) in [4.78, 5) is 47.4. The summed E-state index contributed by atoms with van der Waals surface area (Å²) in [7, 11) is 0. The predicted octanol–water partition coefficient (Wildman–Crippen LogP) is 1.82. The number of rotatable bonds is 10. The van der Waals surface area contributed by atoms with Crippen molar-refractivity contribution in [2.45, 2.75) is 71.1 Å². The second-order valence-electron chi connectivity index (χ2n) is 7.80. The number of benzene rings is 1. The number of ether oxygens (including phenoxy) is 1. The summed E-state index contributed by atoms with van der Waals surface area (Å²) < 4.78 is 5.20. The van der Waals surface area contributed by atoms with Crippen LogP contribution in [0.5, 0.6) is 0 Å². The number of hydrogen-bond donors (Lipinski definition) is 3. The zero-order valence-electron chi connectivity index (χ0n) is 17.4. The molecule has 1 aromatic rings. The van der Waals surface area contributed by atoms with E-state index in [0.29, 0.717) is 6.42 Å². The fourth-order valence-corrected chi connectivity index (χ4v) is 2.65. The van der Waals surface area contributed by atoms with E-state index in [2.05, 4.69) is 10.6 Å². The summed E-state index contributed by atoms with van der Waals surface area (Å²) in [5.74, 6) is -2.77. The molecule has 0 saturated carbocycles. The quantitative estimate of drug-likeness (QED) is 0.510. The van der Waals surface area contributed by atoms with Crippen LogP contribution in [0.3, 0.4) is 0 Å². The highest BCUT2D eigenvalue weighted by atomic mass is 16.6. The van der Waals surface area contributed by atoms with Gasteiger partial charge in [-0.1, -0.05) is 30.3 Å². The van der Waals surface area contributed by atoms with Crippen LogP contribution in [-0.4, -0.2) is 46.5 Å². The first kappa shape index (κ1) is 24.1. The van der Waals surface area contributed by atoms with E-state index in [0.717, 1.165) is 5.56 Å². The minimum Gasteiger partial charge on any atom is -0.480 e. The van der Waals surface area contributed by atoms with Crippen LogP contribution in [-0.2, 0) is 30.3 Å². The fraction of sp³-hybridized carbons (Fsp3) is 0.524. The predicted molar refractivity (Wildman–Crippen MR) is 107 cm³/mol. The molecule has 1 rings (SSSR count). The third kappa shape index (κ3) is 10.3. The lowest BCUT2D eigenvalue weighted by Crippen LogP contribution is -2.51. The van der Waals surface area contributed by atoms with Gasteiger partial charge < -0.3 is 20.5 Å². The molecule has 0 spiro atoms. The molecule has 0 saturated heterocycles. The normalized spacial score (nSPS) is 13.1. The Morgan fingerprint density at radius 2 is 1.62 bits per heavy atom. The molecule has 1 aromatic carbocycles. The Balaban J connectivity index is 2.70. The Kier molecular flexibility index (Phi) is 9.31. The zero-order chi connectivity index (χ0) is 22.0. The number of amides is 2. The maximum Gasteiger partial charge on any atom is 0.326 e. The number of carbonyl (C=O) groups excluding carboxylic acids is 3. The molecule has 2 unspecified atom stereocenters. The van der Waals surface area contributed by atoms with Crippen LogP contribution in [0.15, 0.2) is 30.3 Å². The summed E-state index contributed by atoms with van der Waals surface area (Å²) in [5, 5.41) is 14.4. The fourth-order valence-electron chi connectivity index (χ4n) is 2.65. The van der Waals surface area contributed by atoms with Gasteiger partial charge in [0.2, 0.25) is 11.8 Å². The first-order chi connectivity index (χ1) is 13.5. The van der Waals surface area contributed by atoms with Crippen molar-refractivity contribution in [1.29, 1.82) is 0 Å². The molecule has 0 aliphatic carbocycles. The topological polar surface area (TPSA) is 122 Å². The molecule has 8 heteroatoms. The highest BCUT2D eigenvalue weighted by Crippen LogP contribution is 2.11. The summed E-state index contributed by atoms with van der Waals surface area (Å²) in [6.07, 6.45) is 0.591. The van der Waals surface area contributed by atoms with Crippen molar-refractivity contribution in [3.05, 3.63) is 35.9 Å². The molecular formula is C21H30N2O6. The van der Waals surface area contributed by atoms with Crippen molar-refractivity contribution >= 4 is 23.8 Å². The van der Waals surface area contributed by atoms with Gasteiger partial charge in [-0.05, 0) is 45.6 Å². The summed E-state index contributed by atoms with van der Waals surface area (Å²) >= 11 is 0. The SMILES string of the molecule is CC(=O)NC(CCC(=O)OC(C)(C)C)C(=O)NC(CCc1ccccc1)C(=O)O. The maximum atomic E-state index is 12.6. The third-order valence-electron chi connectivity index (χ3n) is 3.93. The first-order valence-corrected chi connectivity index (χ1v) is 9.54. The number of aryl methyl sites for hydroxylation is 1. The number of esters is 1. The Hall–Kier alpha value is -2.90. The molecule has 0 aromatic heterocycles. The third-order valence-corrected chi connectivity index (χ3v) is 3.93. The lowest BCUT2D eigenvalue weighted by atomic mass is 10.0. The molecule has 0 aliphatic rings. The second kappa shape index (κ2) is 11.2. The monoisotopic (exact) mass is 406 g/mol. The number of carboxylic acids is 1. The molecule has 3 N–H and O–H groups in total. The van der Waals surface area contributed by atoms with Crippen molar-refractivity contribution in [2.24, 2.45) is 0 Å². The van der Waals surface area contributed by atoms with Gasteiger partial charge in [-0.15, -0.1) is 0 Å². The van der Waals surface area contributed by atoms with Crippen LogP contribution in [0, 0.1) is 0 Å². The summed E-state index contributed by atoms with van der Waals surface area (Å²) in [6.45, 7) is 6.44. The van der Waals surface area contributed by atoms with E-state index in [9.17, 15) is 24.3 Å². The van der Waals surface area contributed by atoms with Crippen LogP contribution in [0.4, 0.5) is 0 Å². The molecule has 0 heterocycles. The molecule has 0 fully saturated rings. The second-order valence-corrected chi connectivity index (χ2v) is 7.80. The van der Waals surface area contributed by atoms with E-state index in [4.69, 9.17) is 4.74 Å². The van der Waals surface area contributed by atoms with Crippen LogP contribution in [0.1, 0.15) is 52.5 Å². The molecule has 29 heavy (non-hydrogen) atoms. The van der Waals surface area contributed by atoms with Crippen LogP contribution in [0.25, 0.3) is 0 Å². The van der Waals surface area contributed by atoms with Crippen molar-refractivity contribution < 1.29 is 29.0 Å². The van der Waals surface area contributed by atoms with Gasteiger partial charge in [0.1, 0.15) is 17.7 Å². The van der Waals surface area contributed by atoms with E-state index < -0.39 is 41.4 Å². The Labute approximate surface area is 171 Å². The van der Waals surface area contributed by atoms with E-state index in [1.54, 1.807) is 20.8 Å². The van der Waals surface area contributed by atoms with E-state index in [1.165, 1.54) is 6.92 Å². The largest absolute Gasteiger partial charge is 0.480 e. The molecule has 0 bridgehead atoms. The Morgan fingerprint density at radius 3 is 2.14 bits per heavy atom. The molecule has 2 atom stereocenters. The number of aliphatic carboxylic acids is 1. The van der Waals surface area contributed by atoms with Gasteiger partial charge in [0.25, 0.3) is 0 Å². The summed E-state index contributed by atoms with van der Waals surface area (Å²) in [6, 6.07) is 7.19. The molecule has 0 aliphatic heterocycles. The standard InChI is InChI=1S/C21H30N2O6/c1-14(24)22-16(12-13-18(25)29-21(2,3)4)19(26)23-17(20(27)28)11-10-15-8-6-5-7-9-15/h5-9,16-17H,10-13H2,1-4H3,(H,22,24)(H,23,26)(H,27,28). The van der Waals surface area contributed by atoms with Gasteiger partial charge in [-0.3, -0.25) is 14.4 Å². The van der Waals surface area contributed by atoms with Crippen LogP contribution < -0.4 is 10.6 Å². The molecular weight excluding hydrogens is 376 g/mol. The Morgan fingerprint density at radius 1 is 1.00 bits per heavy atom. The number of carbonyl (C=O) groups is 4. The first-order valence-electron chi connectivity index (χ1n) is 9.54. The average molecular weight is 406 g/mol. The highest BCUT2D eigenvalue weighted by Gasteiger charge is 2.27. The van der Waals surface area contributed by atoms with Gasteiger partial charge >= 0.3 is 11.9 Å². The lowest BCUT2D eigenvalue weighted by Gasteiger charge is -2.22. The number of carboxylic acid groups (broad SMARTS) is 1. The lowest BCUT2D eigenvalue weighted by molar-refractivity contribution is -0.155. The maximum absolute atomic E-state index is 12.6. The molecule has 0 radical (unpaired) electrons. The van der Waals surface area contributed by atoms with E-state index in [-0.39, 0.29) is 19.3 Å². The van der Waals surface area contributed by atoms with Gasteiger partial charge in [0.15, 0.2) is 0 Å². The van der Waals surface area contributed by atoms with Gasteiger partial charge in [-0.2, -0.15) is 0 Å². The van der Waals surface area contributed by atoms with Gasteiger partial charge in [0, 0.05) is 13.3 Å². The summed E-state index contributed by atoms with van der Waals surface area (Å²) in [5.41, 5.74) is 0.297. The smallest absolute Gasteiger partial charge is 0.326 e. The number of nitrogens with one attached hydrogen (secondary N) is 2. The van der Waals surface area contributed by atoms with Crippen molar-refractivity contribution in [3.8, 4) is 0 Å². The van der Waals surface area contributed by atoms with Crippen molar-refractivity contribution in [2.75, 3.05) is 0 Å².